The minimum atomic E-state index is -1.19. The van der Waals surface area contributed by atoms with E-state index in [2.05, 4.69) is 25.8 Å². The number of aryl methyl sites for hydroxylation is 1. The maximum atomic E-state index is 15.4. The third kappa shape index (κ3) is 4.78. The van der Waals surface area contributed by atoms with E-state index in [4.69, 9.17) is 5.11 Å². The highest BCUT2D eigenvalue weighted by molar-refractivity contribution is 6.05. The molecule has 2 amide bonds. The highest BCUT2D eigenvalue weighted by atomic mass is 19.1. The van der Waals surface area contributed by atoms with Gasteiger partial charge in [-0.25, -0.2) is 4.39 Å². The first kappa shape index (κ1) is 24.6. The van der Waals surface area contributed by atoms with Crippen molar-refractivity contribution in [3.8, 4) is 22.4 Å². The number of carboxylic acids is 1. The molecule has 5 rings (SSSR count). The Bertz CT molecular complexity index is 1690. The molecule has 0 fully saturated rings. The summed E-state index contributed by atoms with van der Waals surface area (Å²) in [6, 6.07) is 12.1. The number of carboxylic acid groups (broad SMARTS) is 1. The number of hydrogen-bond donors (Lipinski definition) is 3. The van der Waals surface area contributed by atoms with Crippen molar-refractivity contribution in [1.29, 1.82) is 0 Å². The Hall–Kier alpha value is -5.13. The van der Waals surface area contributed by atoms with Crippen LogP contribution < -0.4 is 10.6 Å². The van der Waals surface area contributed by atoms with Crippen LogP contribution in [0.2, 0.25) is 0 Å². The van der Waals surface area contributed by atoms with Crippen molar-refractivity contribution in [2.45, 2.75) is 6.54 Å². The number of rotatable bonds is 8. The topological polar surface area (TPSA) is 144 Å². The molecule has 2 aromatic carbocycles. The SMILES string of the molecule is Cn1ncc2cc(F)c(-c3cccc4c3c(-c3cccnc3)nn4CC(=O)NCC(=O)NCC(=O)O)cc21. The smallest absolute Gasteiger partial charge is 0.322 e. The van der Waals surface area contributed by atoms with E-state index in [1.54, 1.807) is 60.7 Å². The summed E-state index contributed by atoms with van der Waals surface area (Å²) in [5.41, 5.74) is 3.47. The monoisotopic (exact) mass is 515 g/mol. The van der Waals surface area contributed by atoms with E-state index in [0.717, 1.165) is 5.52 Å². The molecule has 0 aliphatic heterocycles. The normalized spacial score (nSPS) is 11.1. The average molecular weight is 516 g/mol. The molecule has 0 spiro atoms. The summed E-state index contributed by atoms with van der Waals surface area (Å²) in [5, 5.41) is 23.5. The minimum Gasteiger partial charge on any atom is -0.480 e. The molecule has 0 unspecified atom stereocenters. The van der Waals surface area contributed by atoms with E-state index in [0.29, 0.717) is 38.7 Å². The number of benzene rings is 2. The van der Waals surface area contributed by atoms with Gasteiger partial charge >= 0.3 is 5.97 Å². The number of amides is 2. The molecule has 3 aromatic heterocycles. The van der Waals surface area contributed by atoms with E-state index >= 15 is 4.39 Å². The predicted octanol–water partition coefficient (Wildman–Crippen LogP) is 2.11. The van der Waals surface area contributed by atoms with Crippen molar-refractivity contribution < 1.29 is 23.9 Å². The number of aromatic nitrogens is 5. The molecular formula is C26H22FN7O4. The molecule has 0 atom stereocenters. The molecule has 0 radical (unpaired) electrons. The number of carbonyl (C=O) groups is 3. The molecular weight excluding hydrogens is 493 g/mol. The average Bonchev–Trinajstić information content (AvgIpc) is 3.46. The van der Waals surface area contributed by atoms with Crippen LogP contribution in [0.15, 0.2) is 61.1 Å². The molecule has 12 heteroatoms. The van der Waals surface area contributed by atoms with Crippen LogP contribution in [0, 0.1) is 5.82 Å². The van der Waals surface area contributed by atoms with Gasteiger partial charge in [0.25, 0.3) is 0 Å². The van der Waals surface area contributed by atoms with Crippen molar-refractivity contribution >= 4 is 39.6 Å². The van der Waals surface area contributed by atoms with Crippen LogP contribution in [-0.4, -0.2) is 60.5 Å². The Balaban J connectivity index is 1.56. The molecule has 11 nitrogen and oxygen atoms in total. The summed E-state index contributed by atoms with van der Waals surface area (Å²) < 4.78 is 18.5. The van der Waals surface area contributed by atoms with Gasteiger partial charge in [-0.05, 0) is 35.9 Å². The van der Waals surface area contributed by atoms with Gasteiger partial charge in [-0.15, -0.1) is 0 Å². The number of aliphatic carboxylic acids is 1. The zero-order chi connectivity index (χ0) is 26.8. The van der Waals surface area contributed by atoms with Crippen LogP contribution in [-0.2, 0) is 28.0 Å². The lowest BCUT2D eigenvalue weighted by Crippen LogP contribution is -2.40. The van der Waals surface area contributed by atoms with Gasteiger partial charge in [0.15, 0.2) is 0 Å². The van der Waals surface area contributed by atoms with Crippen LogP contribution >= 0.6 is 0 Å². The van der Waals surface area contributed by atoms with E-state index < -0.39 is 30.1 Å². The summed E-state index contributed by atoms with van der Waals surface area (Å²) >= 11 is 0. The lowest BCUT2D eigenvalue weighted by molar-refractivity contribution is -0.137. The fourth-order valence-electron chi connectivity index (χ4n) is 4.26. The predicted molar refractivity (Wildman–Crippen MR) is 136 cm³/mol. The Labute approximate surface area is 214 Å². The van der Waals surface area contributed by atoms with Crippen LogP contribution in [0.3, 0.4) is 0 Å². The van der Waals surface area contributed by atoms with E-state index in [9.17, 15) is 14.4 Å². The standard InChI is InChI=1S/C26H22FN7O4/c1-33-21-9-18(19(27)8-16(21)11-31-33)17-5-2-6-20-25(17)26(15-4-3-7-28-10-15)32-34(20)14-23(36)29-12-22(35)30-13-24(37)38/h2-11H,12-14H2,1H3,(H,29,36)(H,30,35)(H,37,38). The highest BCUT2D eigenvalue weighted by Crippen LogP contribution is 2.38. The van der Waals surface area contributed by atoms with Gasteiger partial charge in [-0.2, -0.15) is 10.2 Å². The second kappa shape index (κ2) is 10.1. The van der Waals surface area contributed by atoms with Gasteiger partial charge in [-0.3, -0.25) is 28.7 Å². The first-order valence-electron chi connectivity index (χ1n) is 11.6. The number of carbonyl (C=O) groups excluding carboxylic acids is 2. The zero-order valence-corrected chi connectivity index (χ0v) is 20.2. The summed E-state index contributed by atoms with van der Waals surface area (Å²) in [7, 11) is 1.78. The summed E-state index contributed by atoms with van der Waals surface area (Å²) in [6.45, 7) is -1.16. The third-order valence-corrected chi connectivity index (χ3v) is 6.01. The fourth-order valence-corrected chi connectivity index (χ4v) is 4.26. The van der Waals surface area contributed by atoms with Gasteiger partial charge in [0.1, 0.15) is 24.6 Å². The summed E-state index contributed by atoms with van der Waals surface area (Å²) in [6.07, 6.45) is 4.86. The van der Waals surface area contributed by atoms with E-state index in [1.807, 2.05) is 6.07 Å². The number of hydrogen-bond acceptors (Lipinski definition) is 6. The van der Waals surface area contributed by atoms with Crippen molar-refractivity contribution in [1.82, 2.24) is 35.2 Å². The number of nitrogens with one attached hydrogen (secondary N) is 2. The Morgan fingerprint density at radius 2 is 1.79 bits per heavy atom. The second-order valence-electron chi connectivity index (χ2n) is 8.55. The van der Waals surface area contributed by atoms with Gasteiger partial charge in [0.05, 0.1) is 23.8 Å². The van der Waals surface area contributed by atoms with Crippen LogP contribution in [0.1, 0.15) is 0 Å². The van der Waals surface area contributed by atoms with Crippen LogP contribution in [0.4, 0.5) is 4.39 Å². The minimum absolute atomic E-state index is 0.227. The molecule has 5 aromatic rings. The molecule has 3 heterocycles. The first-order valence-corrected chi connectivity index (χ1v) is 11.6. The molecule has 3 N–H and O–H groups in total. The maximum Gasteiger partial charge on any atom is 0.322 e. The van der Waals surface area contributed by atoms with Gasteiger partial charge in [-0.1, -0.05) is 12.1 Å². The quantitative estimate of drug-likeness (QED) is 0.287. The molecule has 0 saturated carbocycles. The first-order chi connectivity index (χ1) is 18.3. The summed E-state index contributed by atoms with van der Waals surface area (Å²) in [5.74, 6) is -2.76. The van der Waals surface area contributed by atoms with E-state index in [-0.39, 0.29) is 13.1 Å². The fraction of sp³-hybridized carbons (Fsp3) is 0.154. The highest BCUT2D eigenvalue weighted by Gasteiger charge is 2.21. The van der Waals surface area contributed by atoms with Gasteiger partial charge < -0.3 is 15.7 Å². The van der Waals surface area contributed by atoms with Crippen molar-refractivity contribution in [3.63, 3.8) is 0 Å². The summed E-state index contributed by atoms with van der Waals surface area (Å²) in [4.78, 5) is 39.2. The van der Waals surface area contributed by atoms with Crippen LogP contribution in [0.25, 0.3) is 44.2 Å². The molecule has 192 valence electrons. The van der Waals surface area contributed by atoms with Crippen molar-refractivity contribution in [2.24, 2.45) is 7.05 Å². The van der Waals surface area contributed by atoms with Crippen molar-refractivity contribution in [3.05, 3.63) is 66.9 Å². The second-order valence-corrected chi connectivity index (χ2v) is 8.55. The molecule has 0 bridgehead atoms. The van der Waals surface area contributed by atoms with Crippen LogP contribution in [0.5, 0.6) is 0 Å². The number of pyridine rings is 1. The Morgan fingerprint density at radius 3 is 2.55 bits per heavy atom. The third-order valence-electron chi connectivity index (χ3n) is 6.01. The lowest BCUT2D eigenvalue weighted by atomic mass is 9.97. The van der Waals surface area contributed by atoms with E-state index in [1.165, 1.54) is 10.7 Å². The zero-order valence-electron chi connectivity index (χ0n) is 20.2. The molecule has 0 aliphatic carbocycles. The largest absolute Gasteiger partial charge is 0.480 e. The number of nitrogens with zero attached hydrogens (tertiary/aromatic N) is 5. The Morgan fingerprint density at radius 1 is 0.974 bits per heavy atom. The lowest BCUT2D eigenvalue weighted by Gasteiger charge is -2.09. The maximum absolute atomic E-state index is 15.4. The molecule has 38 heavy (non-hydrogen) atoms. The van der Waals surface area contributed by atoms with Gasteiger partial charge in [0.2, 0.25) is 11.8 Å². The number of fused-ring (bicyclic) bond motifs is 2. The van der Waals surface area contributed by atoms with Crippen molar-refractivity contribution in [2.75, 3.05) is 13.1 Å². The molecule has 0 saturated heterocycles. The number of halogens is 1. The van der Waals surface area contributed by atoms with Gasteiger partial charge in [0, 0.05) is 41.3 Å². The Kier molecular flexibility index (Phi) is 6.52. The molecule has 0 aliphatic rings.